The molecule has 0 aromatic heterocycles. The first-order chi connectivity index (χ1) is 9.40. The van der Waals surface area contributed by atoms with Gasteiger partial charge < -0.3 is 20.4 Å². The third-order valence-corrected chi connectivity index (χ3v) is 3.85. The fraction of sp³-hybridized carbons (Fsp3) is 0.667. The molecule has 2 saturated heterocycles. The van der Waals surface area contributed by atoms with E-state index in [9.17, 15) is 19.2 Å². The number of piperidine rings is 1. The van der Waals surface area contributed by atoms with E-state index in [-0.39, 0.29) is 37.7 Å². The average Bonchev–Trinajstić information content (AvgIpc) is 2.83. The molecule has 3 N–H and O–H groups in total. The number of rotatable bonds is 3. The first-order valence-electron chi connectivity index (χ1n) is 6.44. The number of carboxylic acid groups (broad SMARTS) is 2. The lowest BCUT2D eigenvalue weighted by molar-refractivity contribution is -0.159. The van der Waals surface area contributed by atoms with Crippen LogP contribution in [0.3, 0.4) is 0 Å². The number of carboxylic acids is 2. The molecule has 2 heterocycles. The number of hydrogen-bond donors (Lipinski definition) is 3. The number of carbonyl (C=O) groups excluding carboxylic acids is 2. The molecule has 8 heteroatoms. The highest BCUT2D eigenvalue weighted by atomic mass is 16.4. The lowest BCUT2D eigenvalue weighted by Gasteiger charge is -2.35. The molecule has 2 rings (SSSR count). The first kappa shape index (κ1) is 14.3. The third-order valence-electron chi connectivity index (χ3n) is 3.85. The lowest BCUT2D eigenvalue weighted by Crippen LogP contribution is -2.53. The van der Waals surface area contributed by atoms with Crippen LogP contribution >= 0.6 is 0 Å². The minimum absolute atomic E-state index is 0.110. The minimum atomic E-state index is -1.22. The Kier molecular flexibility index (Phi) is 3.91. The van der Waals surface area contributed by atoms with Crippen molar-refractivity contribution in [3.8, 4) is 0 Å². The van der Waals surface area contributed by atoms with Gasteiger partial charge in [0.1, 0.15) is 6.04 Å². The topological polar surface area (TPSA) is 124 Å². The molecule has 0 radical (unpaired) electrons. The van der Waals surface area contributed by atoms with Gasteiger partial charge in [-0.05, 0) is 12.8 Å². The maximum Gasteiger partial charge on any atom is 0.309 e. The van der Waals surface area contributed by atoms with Gasteiger partial charge in [0.15, 0.2) is 0 Å². The van der Waals surface area contributed by atoms with Crippen LogP contribution in [-0.2, 0) is 19.2 Å². The zero-order chi connectivity index (χ0) is 14.9. The van der Waals surface area contributed by atoms with E-state index in [1.54, 1.807) is 0 Å². The molecular formula is C12H16N2O6. The van der Waals surface area contributed by atoms with Crippen LogP contribution in [0.5, 0.6) is 0 Å². The number of hydrogen-bond acceptors (Lipinski definition) is 4. The van der Waals surface area contributed by atoms with E-state index in [1.165, 1.54) is 4.90 Å². The molecule has 0 aromatic carbocycles. The Labute approximate surface area is 114 Å². The van der Waals surface area contributed by atoms with Crippen molar-refractivity contribution in [2.75, 3.05) is 13.1 Å². The second kappa shape index (κ2) is 5.48. The first-order valence-corrected chi connectivity index (χ1v) is 6.44. The highest BCUT2D eigenvalue weighted by Crippen LogP contribution is 2.25. The van der Waals surface area contributed by atoms with Gasteiger partial charge in [0.25, 0.3) is 0 Å². The number of amides is 2. The van der Waals surface area contributed by atoms with Crippen molar-refractivity contribution in [3.05, 3.63) is 0 Å². The SMILES string of the molecule is O=C1CC[C@H](C(=O)N2CCC(C(=O)O)C(C(=O)O)C2)N1. The van der Waals surface area contributed by atoms with Crippen LogP contribution in [0.15, 0.2) is 0 Å². The summed E-state index contributed by atoms with van der Waals surface area (Å²) in [5, 5.41) is 20.6. The molecule has 2 fully saturated rings. The summed E-state index contributed by atoms with van der Waals surface area (Å²) in [4.78, 5) is 46.8. The van der Waals surface area contributed by atoms with E-state index in [2.05, 4.69) is 5.32 Å². The summed E-state index contributed by atoms with van der Waals surface area (Å²) in [5.41, 5.74) is 0. The second-order valence-corrected chi connectivity index (χ2v) is 5.12. The van der Waals surface area contributed by atoms with Crippen molar-refractivity contribution in [1.29, 1.82) is 0 Å². The van der Waals surface area contributed by atoms with Gasteiger partial charge in [-0.15, -0.1) is 0 Å². The molecule has 0 saturated carbocycles. The summed E-state index contributed by atoms with van der Waals surface area (Å²) in [7, 11) is 0. The number of aliphatic carboxylic acids is 2. The number of carbonyl (C=O) groups is 4. The maximum atomic E-state index is 12.2. The van der Waals surface area contributed by atoms with Gasteiger partial charge >= 0.3 is 11.9 Å². The maximum absolute atomic E-state index is 12.2. The molecule has 0 bridgehead atoms. The van der Waals surface area contributed by atoms with Crippen molar-refractivity contribution in [2.45, 2.75) is 25.3 Å². The van der Waals surface area contributed by atoms with Crippen LogP contribution in [0.2, 0.25) is 0 Å². The van der Waals surface area contributed by atoms with Crippen LogP contribution in [-0.4, -0.2) is 58.0 Å². The summed E-state index contributed by atoms with van der Waals surface area (Å²) < 4.78 is 0. The average molecular weight is 284 g/mol. The molecule has 2 amide bonds. The standard InChI is InChI=1S/C12H16N2O6/c15-9-2-1-8(13-9)10(16)14-4-3-6(11(17)18)7(5-14)12(19)20/h6-8H,1-5H2,(H,13,15)(H,17,18)(H,19,20)/t6?,7?,8-/m1/s1. The van der Waals surface area contributed by atoms with E-state index < -0.39 is 29.8 Å². The minimum Gasteiger partial charge on any atom is -0.481 e. The van der Waals surface area contributed by atoms with Gasteiger partial charge in [-0.1, -0.05) is 0 Å². The normalized spacial score (nSPS) is 29.9. The Morgan fingerprint density at radius 3 is 2.25 bits per heavy atom. The molecule has 110 valence electrons. The van der Waals surface area contributed by atoms with E-state index >= 15 is 0 Å². The quantitative estimate of drug-likeness (QED) is 0.604. The zero-order valence-corrected chi connectivity index (χ0v) is 10.7. The second-order valence-electron chi connectivity index (χ2n) is 5.12. The molecule has 3 atom stereocenters. The van der Waals surface area contributed by atoms with Crippen molar-refractivity contribution >= 4 is 23.8 Å². The molecule has 0 aromatic rings. The van der Waals surface area contributed by atoms with Gasteiger partial charge in [-0.2, -0.15) is 0 Å². The van der Waals surface area contributed by atoms with E-state index in [1.807, 2.05) is 0 Å². The summed E-state index contributed by atoms with van der Waals surface area (Å²) >= 11 is 0. The lowest BCUT2D eigenvalue weighted by atomic mass is 9.85. The fourth-order valence-corrected chi connectivity index (χ4v) is 2.72. The van der Waals surface area contributed by atoms with Crippen molar-refractivity contribution in [2.24, 2.45) is 11.8 Å². The van der Waals surface area contributed by atoms with Gasteiger partial charge in [0, 0.05) is 19.5 Å². The van der Waals surface area contributed by atoms with Crippen LogP contribution < -0.4 is 5.32 Å². The largest absolute Gasteiger partial charge is 0.481 e. The van der Waals surface area contributed by atoms with Gasteiger partial charge in [0.05, 0.1) is 11.8 Å². The molecular weight excluding hydrogens is 268 g/mol. The Morgan fingerprint density at radius 1 is 1.10 bits per heavy atom. The molecule has 0 spiro atoms. The van der Waals surface area contributed by atoms with Crippen LogP contribution in [0.25, 0.3) is 0 Å². The summed E-state index contributed by atoms with van der Waals surface area (Å²) in [6.07, 6.45) is 0.789. The zero-order valence-electron chi connectivity index (χ0n) is 10.7. The predicted molar refractivity (Wildman–Crippen MR) is 64.6 cm³/mol. The van der Waals surface area contributed by atoms with Gasteiger partial charge in [-0.25, -0.2) is 0 Å². The number of nitrogens with one attached hydrogen (secondary N) is 1. The highest BCUT2D eigenvalue weighted by Gasteiger charge is 2.42. The van der Waals surface area contributed by atoms with Crippen molar-refractivity contribution < 1.29 is 29.4 Å². The van der Waals surface area contributed by atoms with E-state index in [0.29, 0.717) is 6.42 Å². The number of nitrogens with zero attached hydrogens (tertiary/aromatic N) is 1. The summed E-state index contributed by atoms with van der Waals surface area (Å²) in [6, 6.07) is -0.613. The van der Waals surface area contributed by atoms with Crippen LogP contribution in [0, 0.1) is 11.8 Å². The molecule has 2 aliphatic heterocycles. The summed E-state index contributed by atoms with van der Waals surface area (Å²) in [6.45, 7) is 0.0729. The molecule has 20 heavy (non-hydrogen) atoms. The Balaban J connectivity index is 2.04. The van der Waals surface area contributed by atoms with E-state index in [4.69, 9.17) is 10.2 Å². The number of likely N-dealkylation sites (tertiary alicyclic amines) is 1. The molecule has 2 unspecified atom stereocenters. The smallest absolute Gasteiger partial charge is 0.309 e. The monoisotopic (exact) mass is 284 g/mol. The third kappa shape index (κ3) is 2.73. The van der Waals surface area contributed by atoms with Crippen LogP contribution in [0.4, 0.5) is 0 Å². The summed E-state index contributed by atoms with van der Waals surface area (Å²) in [5.74, 6) is -4.98. The van der Waals surface area contributed by atoms with Crippen molar-refractivity contribution in [1.82, 2.24) is 10.2 Å². The highest BCUT2D eigenvalue weighted by molar-refractivity contribution is 5.91. The molecule has 0 aliphatic carbocycles. The predicted octanol–water partition coefficient (Wildman–Crippen LogP) is -1.10. The Morgan fingerprint density at radius 2 is 1.75 bits per heavy atom. The van der Waals surface area contributed by atoms with Gasteiger partial charge in [-0.3, -0.25) is 19.2 Å². The molecule has 8 nitrogen and oxygen atoms in total. The fourth-order valence-electron chi connectivity index (χ4n) is 2.72. The Hall–Kier alpha value is -2.12. The van der Waals surface area contributed by atoms with Gasteiger partial charge in [0.2, 0.25) is 11.8 Å². The van der Waals surface area contributed by atoms with Crippen LogP contribution in [0.1, 0.15) is 19.3 Å². The molecule has 2 aliphatic rings. The Bertz CT molecular complexity index is 463. The van der Waals surface area contributed by atoms with Crippen molar-refractivity contribution in [3.63, 3.8) is 0 Å². The van der Waals surface area contributed by atoms with E-state index in [0.717, 1.165) is 0 Å².